The van der Waals surface area contributed by atoms with Crippen molar-refractivity contribution in [3.8, 4) is 11.5 Å². The third-order valence-corrected chi connectivity index (χ3v) is 5.81. The van der Waals surface area contributed by atoms with E-state index in [1.807, 2.05) is 6.92 Å². The number of halogens is 4. The van der Waals surface area contributed by atoms with E-state index in [-0.39, 0.29) is 12.1 Å². The maximum Gasteiger partial charge on any atom is 0.416 e. The minimum absolute atomic E-state index is 0.0552. The summed E-state index contributed by atoms with van der Waals surface area (Å²) in [6.07, 6.45) is -1.41. The van der Waals surface area contributed by atoms with E-state index < -0.39 is 17.6 Å². The van der Waals surface area contributed by atoms with Crippen LogP contribution >= 0.6 is 27.3 Å². The summed E-state index contributed by atoms with van der Waals surface area (Å²) >= 11 is 4.62. The van der Waals surface area contributed by atoms with Gasteiger partial charge in [-0.2, -0.15) is 18.3 Å². The lowest BCUT2D eigenvalue weighted by molar-refractivity contribution is -0.137. The third kappa shape index (κ3) is 7.82. The highest BCUT2D eigenvalue weighted by Gasteiger charge is 2.30. The number of rotatable bonds is 11. The molecule has 190 valence electrons. The average molecular weight is 583 g/mol. The molecule has 12 heteroatoms. The number of nitrogens with one attached hydrogen (secondary N) is 2. The molecule has 2 N–H and O–H groups in total. The van der Waals surface area contributed by atoms with Gasteiger partial charge in [-0.05, 0) is 58.7 Å². The Bertz CT molecular complexity index is 1250. The van der Waals surface area contributed by atoms with Gasteiger partial charge in [0.25, 0.3) is 0 Å². The molecule has 0 radical (unpaired) electrons. The Balaban J connectivity index is 1.58. The molecule has 0 unspecified atom stereocenters. The van der Waals surface area contributed by atoms with Gasteiger partial charge in [-0.15, -0.1) is 11.3 Å². The van der Waals surface area contributed by atoms with Crippen LogP contribution in [0.25, 0.3) is 0 Å². The largest absolute Gasteiger partial charge is 0.490 e. The minimum Gasteiger partial charge on any atom is -0.490 e. The zero-order valence-corrected chi connectivity index (χ0v) is 21.5. The normalized spacial score (nSPS) is 11.4. The van der Waals surface area contributed by atoms with Gasteiger partial charge in [0.2, 0.25) is 5.91 Å². The van der Waals surface area contributed by atoms with Crippen LogP contribution in [0.2, 0.25) is 0 Å². The molecule has 0 saturated heterocycles. The van der Waals surface area contributed by atoms with Crippen LogP contribution in [0, 0.1) is 0 Å². The molecule has 0 aliphatic rings. The second-order valence-electron chi connectivity index (χ2n) is 7.18. The van der Waals surface area contributed by atoms with E-state index in [0.717, 1.165) is 12.1 Å². The average Bonchev–Trinajstić information content (AvgIpc) is 3.25. The summed E-state index contributed by atoms with van der Waals surface area (Å²) in [5.74, 6) is 0.651. The van der Waals surface area contributed by atoms with Crippen LogP contribution in [0.4, 0.5) is 24.0 Å². The monoisotopic (exact) mass is 582 g/mol. The third-order valence-electron chi connectivity index (χ3n) is 4.41. The molecule has 1 amide bonds. The van der Waals surface area contributed by atoms with Crippen molar-refractivity contribution in [1.29, 1.82) is 0 Å². The van der Waals surface area contributed by atoms with Crippen LogP contribution in [0.3, 0.4) is 0 Å². The summed E-state index contributed by atoms with van der Waals surface area (Å²) in [4.78, 5) is 16.5. The molecule has 7 nitrogen and oxygen atoms in total. The maximum atomic E-state index is 12.9. The first-order valence-corrected chi connectivity index (χ1v) is 12.3. The summed E-state index contributed by atoms with van der Waals surface area (Å²) in [6.45, 7) is 6.23. The first-order chi connectivity index (χ1) is 17.2. The van der Waals surface area contributed by atoms with Gasteiger partial charge >= 0.3 is 6.18 Å². The molecule has 0 aliphatic carbocycles. The fourth-order valence-electron chi connectivity index (χ4n) is 2.93. The van der Waals surface area contributed by atoms with E-state index in [0.29, 0.717) is 45.6 Å². The second kappa shape index (κ2) is 12.5. The summed E-state index contributed by atoms with van der Waals surface area (Å²) in [5, 5.41) is 8.82. The molecule has 36 heavy (non-hydrogen) atoms. The van der Waals surface area contributed by atoms with Crippen molar-refractivity contribution < 1.29 is 27.4 Å². The Labute approximate surface area is 218 Å². The number of carbonyl (C=O) groups excluding carboxylic acids is 1. The zero-order valence-electron chi connectivity index (χ0n) is 19.1. The summed E-state index contributed by atoms with van der Waals surface area (Å²) in [6, 6.07) is 8.30. The van der Waals surface area contributed by atoms with Crippen LogP contribution in [0.5, 0.6) is 11.5 Å². The number of carbonyl (C=O) groups is 1. The van der Waals surface area contributed by atoms with E-state index >= 15 is 0 Å². The van der Waals surface area contributed by atoms with Crippen molar-refractivity contribution in [2.45, 2.75) is 19.5 Å². The van der Waals surface area contributed by atoms with Crippen LogP contribution in [-0.4, -0.2) is 30.3 Å². The zero-order chi connectivity index (χ0) is 26.1. The number of thiazole rings is 1. The van der Waals surface area contributed by atoms with Crippen molar-refractivity contribution in [3.63, 3.8) is 0 Å². The van der Waals surface area contributed by atoms with Gasteiger partial charge in [0.1, 0.15) is 6.61 Å². The van der Waals surface area contributed by atoms with Gasteiger partial charge < -0.3 is 14.8 Å². The summed E-state index contributed by atoms with van der Waals surface area (Å²) in [5.41, 5.74) is 3.03. The van der Waals surface area contributed by atoms with Crippen molar-refractivity contribution in [1.82, 2.24) is 10.4 Å². The lowest BCUT2D eigenvalue weighted by Crippen LogP contribution is -2.20. The number of nitrogens with zero attached hydrogens (tertiary/aromatic N) is 2. The molecule has 2 aromatic carbocycles. The summed E-state index contributed by atoms with van der Waals surface area (Å²) in [7, 11) is 0. The maximum absolute atomic E-state index is 12.9. The Morgan fingerprint density at radius 1 is 1.28 bits per heavy atom. The first-order valence-electron chi connectivity index (χ1n) is 10.6. The SMILES string of the molecule is C=CCOc1c(Br)cc(/C=N\NC(=O)Cc2csc(Nc3cccc(C(F)(F)F)c3)n2)cc1OCC. The number of aromatic nitrogens is 1. The quantitative estimate of drug-likeness (QED) is 0.157. The first kappa shape index (κ1) is 27.2. The Hall–Kier alpha value is -3.38. The number of alkyl halides is 3. The summed E-state index contributed by atoms with van der Waals surface area (Å²) < 4.78 is 50.6. The van der Waals surface area contributed by atoms with E-state index in [1.165, 1.54) is 29.7 Å². The smallest absolute Gasteiger partial charge is 0.416 e. The number of ether oxygens (including phenoxy) is 2. The second-order valence-corrected chi connectivity index (χ2v) is 8.89. The highest BCUT2D eigenvalue weighted by molar-refractivity contribution is 9.10. The van der Waals surface area contributed by atoms with Gasteiger partial charge in [0.05, 0.1) is 35.0 Å². The van der Waals surface area contributed by atoms with E-state index in [4.69, 9.17) is 9.47 Å². The van der Waals surface area contributed by atoms with Crippen molar-refractivity contribution in [2.24, 2.45) is 5.10 Å². The van der Waals surface area contributed by atoms with Gasteiger partial charge in [-0.3, -0.25) is 4.79 Å². The topological polar surface area (TPSA) is 84.8 Å². The molecule has 3 rings (SSSR count). The molecule has 0 fully saturated rings. The molecule has 0 atom stereocenters. The number of hydrogen-bond acceptors (Lipinski definition) is 7. The molecular formula is C24H22BrF3N4O3S. The van der Waals surface area contributed by atoms with E-state index in [9.17, 15) is 18.0 Å². The van der Waals surface area contributed by atoms with E-state index in [2.05, 4.69) is 43.3 Å². The van der Waals surface area contributed by atoms with Crippen LogP contribution in [0.1, 0.15) is 23.7 Å². The van der Waals surface area contributed by atoms with E-state index in [1.54, 1.807) is 23.6 Å². The number of hydrogen-bond donors (Lipinski definition) is 2. The Kier molecular flexibility index (Phi) is 9.48. The molecule has 0 aliphatic heterocycles. The Morgan fingerprint density at radius 2 is 2.08 bits per heavy atom. The van der Waals surface area contributed by atoms with Gasteiger partial charge in [0, 0.05) is 11.1 Å². The fourth-order valence-corrected chi connectivity index (χ4v) is 4.24. The highest BCUT2D eigenvalue weighted by Crippen LogP contribution is 2.36. The van der Waals surface area contributed by atoms with Crippen LogP contribution in [0.15, 0.2) is 64.0 Å². The molecule has 3 aromatic rings. The minimum atomic E-state index is -4.44. The van der Waals surface area contributed by atoms with Crippen LogP contribution in [-0.2, 0) is 17.4 Å². The fraction of sp³-hybridized carbons (Fsp3) is 0.208. The lowest BCUT2D eigenvalue weighted by Gasteiger charge is -2.13. The van der Waals surface area contributed by atoms with Gasteiger partial charge in [-0.25, -0.2) is 10.4 Å². The predicted octanol–water partition coefficient (Wildman–Crippen LogP) is 6.32. The molecule has 1 aromatic heterocycles. The number of benzene rings is 2. The molecule has 1 heterocycles. The highest BCUT2D eigenvalue weighted by atomic mass is 79.9. The van der Waals surface area contributed by atoms with Gasteiger partial charge in [-0.1, -0.05) is 18.7 Å². The predicted molar refractivity (Wildman–Crippen MR) is 137 cm³/mol. The van der Waals surface area contributed by atoms with Crippen molar-refractivity contribution in [3.05, 3.63) is 75.7 Å². The number of anilines is 2. The van der Waals surface area contributed by atoms with Crippen molar-refractivity contribution >= 4 is 50.2 Å². The molecule has 0 saturated carbocycles. The molecule has 0 spiro atoms. The number of hydrazone groups is 1. The van der Waals surface area contributed by atoms with Crippen molar-refractivity contribution in [2.75, 3.05) is 18.5 Å². The van der Waals surface area contributed by atoms with Crippen LogP contribution < -0.4 is 20.2 Å². The standard InChI is InChI=1S/C24H22BrF3N4O3S/c1-3-8-35-22-19(25)9-15(10-20(22)34-4-2)13-29-32-21(33)12-18-14-36-23(31-18)30-17-7-5-6-16(11-17)24(26,27)28/h3,5-7,9-11,13-14H,1,4,8,12H2,2H3,(H,30,31)(H,32,33)/b29-13-. The van der Waals surface area contributed by atoms with Gasteiger partial charge in [0.15, 0.2) is 16.6 Å². The molecule has 0 bridgehead atoms. The molecular weight excluding hydrogens is 561 g/mol. The lowest BCUT2D eigenvalue weighted by atomic mass is 10.2. The Morgan fingerprint density at radius 3 is 2.81 bits per heavy atom. The number of amides is 1.